The molecule has 0 saturated carbocycles. The molecular weight excluding hydrogens is 438 g/mol. The summed E-state index contributed by atoms with van der Waals surface area (Å²) in [6.07, 6.45) is 2.49. The lowest BCUT2D eigenvalue weighted by Gasteiger charge is -2.15. The highest BCUT2D eigenvalue weighted by atomic mass is 79.9. The zero-order valence-electron chi connectivity index (χ0n) is 16.5. The van der Waals surface area contributed by atoms with Crippen LogP contribution in [0.15, 0.2) is 41.0 Å². The van der Waals surface area contributed by atoms with E-state index in [0.717, 1.165) is 6.29 Å². The van der Waals surface area contributed by atoms with Gasteiger partial charge in [0.2, 0.25) is 0 Å². The third-order valence-electron chi connectivity index (χ3n) is 4.38. The summed E-state index contributed by atoms with van der Waals surface area (Å²) in [5, 5.41) is 0. The predicted molar refractivity (Wildman–Crippen MR) is 114 cm³/mol. The Hall–Kier alpha value is -2.80. The lowest BCUT2D eigenvalue weighted by Crippen LogP contribution is -2.06. The second-order valence-electron chi connectivity index (χ2n) is 6.07. The van der Waals surface area contributed by atoms with Crippen LogP contribution in [-0.2, 0) is 4.74 Å². The van der Waals surface area contributed by atoms with Crippen LogP contribution < -0.4 is 9.47 Å². The van der Waals surface area contributed by atoms with Gasteiger partial charge in [-0.25, -0.2) is 4.79 Å². The molecule has 0 aliphatic carbocycles. The van der Waals surface area contributed by atoms with Gasteiger partial charge in [-0.05, 0) is 54.9 Å². The number of ether oxygens (including phenoxy) is 3. The van der Waals surface area contributed by atoms with Gasteiger partial charge in [0.05, 0.1) is 41.1 Å². The van der Waals surface area contributed by atoms with E-state index in [-0.39, 0.29) is 6.61 Å². The third-order valence-corrected chi connectivity index (χ3v) is 5.00. The van der Waals surface area contributed by atoms with Gasteiger partial charge in [0, 0.05) is 23.4 Å². The number of benzene rings is 1. The first-order chi connectivity index (χ1) is 14.1. The van der Waals surface area contributed by atoms with E-state index in [0.29, 0.717) is 57.1 Å². The molecule has 0 spiro atoms. The van der Waals surface area contributed by atoms with Crippen LogP contribution in [0.5, 0.6) is 11.5 Å². The van der Waals surface area contributed by atoms with E-state index < -0.39 is 5.97 Å². The topological polar surface area (TPSA) is 66.2 Å². The normalized spacial score (nSPS) is 10.8. The standard InChI is InChI=1S/C22H22BrNO5/c1-4-27-18-12-19(28-5-2)15(23)11-14(18)20-17(13-25)24-10-8-7-9-16(24)21(20)22(26)29-6-3/h7-13H,4-6H2,1-3H3. The van der Waals surface area contributed by atoms with E-state index in [4.69, 9.17) is 14.2 Å². The Bertz CT molecular complexity index is 1060. The molecule has 0 atom stereocenters. The zero-order chi connectivity index (χ0) is 21.0. The summed E-state index contributed by atoms with van der Waals surface area (Å²) >= 11 is 3.52. The summed E-state index contributed by atoms with van der Waals surface area (Å²) in [5.74, 6) is 0.643. The van der Waals surface area contributed by atoms with Crippen molar-refractivity contribution < 1.29 is 23.8 Å². The molecule has 0 radical (unpaired) electrons. The average molecular weight is 460 g/mol. The van der Waals surface area contributed by atoms with E-state index in [1.54, 1.807) is 41.8 Å². The highest BCUT2D eigenvalue weighted by Crippen LogP contribution is 2.43. The highest BCUT2D eigenvalue weighted by molar-refractivity contribution is 9.10. The molecule has 0 N–H and O–H groups in total. The summed E-state index contributed by atoms with van der Waals surface area (Å²) in [6, 6.07) is 8.97. The van der Waals surface area contributed by atoms with Crippen LogP contribution in [0, 0.1) is 0 Å². The molecule has 0 aliphatic rings. The maximum absolute atomic E-state index is 12.9. The number of rotatable bonds is 8. The van der Waals surface area contributed by atoms with Crippen molar-refractivity contribution in [2.24, 2.45) is 0 Å². The number of carbonyl (C=O) groups excluding carboxylic acids is 2. The van der Waals surface area contributed by atoms with Gasteiger partial charge in [0.1, 0.15) is 11.5 Å². The fourth-order valence-corrected chi connectivity index (χ4v) is 3.76. The number of aromatic nitrogens is 1. The van der Waals surface area contributed by atoms with Gasteiger partial charge in [-0.1, -0.05) is 6.07 Å². The van der Waals surface area contributed by atoms with Gasteiger partial charge in [-0.3, -0.25) is 4.79 Å². The minimum absolute atomic E-state index is 0.226. The van der Waals surface area contributed by atoms with Crippen molar-refractivity contribution in [1.29, 1.82) is 0 Å². The Morgan fingerprint density at radius 2 is 1.79 bits per heavy atom. The predicted octanol–water partition coefficient (Wildman–Crippen LogP) is 5.16. The van der Waals surface area contributed by atoms with Crippen LogP contribution in [0.25, 0.3) is 16.6 Å². The Morgan fingerprint density at radius 3 is 2.45 bits per heavy atom. The monoisotopic (exact) mass is 459 g/mol. The van der Waals surface area contributed by atoms with Gasteiger partial charge in [0.15, 0.2) is 6.29 Å². The lowest BCUT2D eigenvalue weighted by atomic mass is 9.99. The van der Waals surface area contributed by atoms with E-state index in [9.17, 15) is 9.59 Å². The fourth-order valence-electron chi connectivity index (χ4n) is 3.30. The van der Waals surface area contributed by atoms with Crippen LogP contribution >= 0.6 is 15.9 Å². The first-order valence-electron chi connectivity index (χ1n) is 9.42. The summed E-state index contributed by atoms with van der Waals surface area (Å²) in [6.45, 7) is 6.64. The zero-order valence-corrected chi connectivity index (χ0v) is 18.1. The Balaban J connectivity index is 2.40. The number of hydrogen-bond acceptors (Lipinski definition) is 5. The molecule has 0 aliphatic heterocycles. The lowest BCUT2D eigenvalue weighted by molar-refractivity contribution is 0.0529. The van der Waals surface area contributed by atoms with Crippen LogP contribution in [0.1, 0.15) is 41.6 Å². The van der Waals surface area contributed by atoms with Gasteiger partial charge < -0.3 is 18.6 Å². The number of carbonyl (C=O) groups is 2. The van der Waals surface area contributed by atoms with Crippen molar-refractivity contribution in [3.05, 3.63) is 52.3 Å². The molecule has 0 saturated heterocycles. The van der Waals surface area contributed by atoms with Gasteiger partial charge in [-0.2, -0.15) is 0 Å². The second-order valence-corrected chi connectivity index (χ2v) is 6.93. The number of fused-ring (bicyclic) bond motifs is 1. The molecule has 3 rings (SSSR count). The minimum Gasteiger partial charge on any atom is -0.493 e. The number of nitrogens with zero attached hydrogens (tertiary/aromatic N) is 1. The van der Waals surface area contributed by atoms with Crippen molar-refractivity contribution in [1.82, 2.24) is 4.40 Å². The maximum Gasteiger partial charge on any atom is 0.340 e. The highest BCUT2D eigenvalue weighted by Gasteiger charge is 2.28. The molecule has 2 aromatic heterocycles. The van der Waals surface area contributed by atoms with Gasteiger partial charge >= 0.3 is 5.97 Å². The maximum atomic E-state index is 12.9. The summed E-state index contributed by atoms with van der Waals surface area (Å²) in [5.41, 5.74) is 2.34. The van der Waals surface area contributed by atoms with Crippen molar-refractivity contribution in [2.45, 2.75) is 20.8 Å². The van der Waals surface area contributed by atoms with Crippen molar-refractivity contribution >= 4 is 33.7 Å². The number of halogens is 1. The molecule has 6 nitrogen and oxygen atoms in total. The summed E-state index contributed by atoms with van der Waals surface area (Å²) in [7, 11) is 0. The minimum atomic E-state index is -0.494. The van der Waals surface area contributed by atoms with Crippen LogP contribution in [0.2, 0.25) is 0 Å². The van der Waals surface area contributed by atoms with Crippen molar-refractivity contribution in [3.8, 4) is 22.6 Å². The first kappa shape index (κ1) is 20.9. The molecule has 29 heavy (non-hydrogen) atoms. The first-order valence-corrected chi connectivity index (χ1v) is 10.2. The third kappa shape index (κ3) is 3.87. The van der Waals surface area contributed by atoms with Crippen molar-refractivity contribution in [2.75, 3.05) is 19.8 Å². The molecule has 0 fully saturated rings. The van der Waals surface area contributed by atoms with Crippen molar-refractivity contribution in [3.63, 3.8) is 0 Å². The number of esters is 1. The van der Waals surface area contributed by atoms with Crippen LogP contribution in [0.4, 0.5) is 0 Å². The van der Waals surface area contributed by atoms with E-state index >= 15 is 0 Å². The van der Waals surface area contributed by atoms with E-state index in [2.05, 4.69) is 15.9 Å². The van der Waals surface area contributed by atoms with Crippen LogP contribution in [-0.4, -0.2) is 36.5 Å². The molecule has 2 heterocycles. The van der Waals surface area contributed by atoms with Gasteiger partial charge in [0.25, 0.3) is 0 Å². The number of pyridine rings is 1. The Kier molecular flexibility index (Phi) is 6.59. The Morgan fingerprint density at radius 1 is 1.07 bits per heavy atom. The average Bonchev–Trinajstić information content (AvgIpc) is 3.05. The largest absolute Gasteiger partial charge is 0.493 e. The van der Waals surface area contributed by atoms with E-state index in [1.807, 2.05) is 19.9 Å². The second kappa shape index (κ2) is 9.13. The summed E-state index contributed by atoms with van der Waals surface area (Å²) < 4.78 is 19.2. The molecule has 0 bridgehead atoms. The molecule has 7 heteroatoms. The van der Waals surface area contributed by atoms with Crippen LogP contribution in [0.3, 0.4) is 0 Å². The van der Waals surface area contributed by atoms with E-state index in [1.165, 1.54) is 0 Å². The molecule has 3 aromatic rings. The summed E-state index contributed by atoms with van der Waals surface area (Å²) in [4.78, 5) is 25.0. The Labute approximate surface area is 177 Å². The molecular formula is C22H22BrNO5. The number of hydrogen-bond donors (Lipinski definition) is 0. The fraction of sp³-hybridized carbons (Fsp3) is 0.273. The smallest absolute Gasteiger partial charge is 0.340 e. The SMILES string of the molecule is CCOC(=O)c1c(-c2cc(Br)c(OCC)cc2OCC)c(C=O)n2ccccc12. The molecule has 0 amide bonds. The molecule has 1 aromatic carbocycles. The molecule has 0 unspecified atom stereocenters. The van der Waals surface area contributed by atoms with Gasteiger partial charge in [-0.15, -0.1) is 0 Å². The quantitative estimate of drug-likeness (QED) is 0.344. The molecule has 152 valence electrons. The number of aldehydes is 1.